The van der Waals surface area contributed by atoms with Gasteiger partial charge in [-0.1, -0.05) is 0 Å². The molecule has 3 N–H and O–H groups in total. The van der Waals surface area contributed by atoms with Gasteiger partial charge in [0.15, 0.2) is 0 Å². The predicted octanol–water partition coefficient (Wildman–Crippen LogP) is -1.62. The van der Waals surface area contributed by atoms with Crippen LogP contribution in [0.1, 0.15) is 0 Å². The number of carboxylic acid groups (broad SMARTS) is 1. The first-order valence-electron chi connectivity index (χ1n) is 4.18. The van der Waals surface area contributed by atoms with Gasteiger partial charge in [0.1, 0.15) is 12.6 Å². The van der Waals surface area contributed by atoms with Gasteiger partial charge < -0.3 is 15.2 Å². The summed E-state index contributed by atoms with van der Waals surface area (Å²) in [6.45, 7) is -0.347. The van der Waals surface area contributed by atoms with E-state index in [-0.39, 0.29) is 6.61 Å². The van der Waals surface area contributed by atoms with E-state index in [1.54, 1.807) is 0 Å². The minimum Gasteiger partial charge on any atom is -0.478 e. The van der Waals surface area contributed by atoms with Crippen LogP contribution in [0.2, 0.25) is 0 Å². The zero-order valence-corrected chi connectivity index (χ0v) is 7.93. The Kier molecular flexibility index (Phi) is 3.59. The van der Waals surface area contributed by atoms with Gasteiger partial charge in [0.05, 0.1) is 0 Å². The lowest BCUT2D eigenvalue weighted by atomic mass is 10.3. The summed E-state index contributed by atoms with van der Waals surface area (Å²) in [5.41, 5.74) is 0. The van der Waals surface area contributed by atoms with Crippen LogP contribution in [0.4, 0.5) is 4.79 Å². The molecule has 1 heterocycles. The average molecular weight is 228 g/mol. The maximum Gasteiger partial charge on any atom is 0.331 e. The number of aliphatic carboxylic acids is 1. The molecule has 1 unspecified atom stereocenters. The van der Waals surface area contributed by atoms with E-state index in [9.17, 15) is 19.2 Å². The molecular formula is C8H8N2O6. The Labute approximate surface area is 89.3 Å². The number of carbonyl (C=O) groups is 4. The highest BCUT2D eigenvalue weighted by atomic mass is 16.5. The molecule has 1 aliphatic heterocycles. The van der Waals surface area contributed by atoms with Gasteiger partial charge in [-0.15, -0.1) is 0 Å². The minimum absolute atomic E-state index is 0.347. The Hall–Kier alpha value is -2.38. The molecule has 0 bridgehead atoms. The molecule has 8 heteroatoms. The van der Waals surface area contributed by atoms with Crippen molar-refractivity contribution < 1.29 is 29.0 Å². The summed E-state index contributed by atoms with van der Waals surface area (Å²) < 4.78 is 4.53. The van der Waals surface area contributed by atoms with Crippen LogP contribution in [0, 0.1) is 0 Å². The van der Waals surface area contributed by atoms with E-state index in [1.165, 1.54) is 0 Å². The summed E-state index contributed by atoms with van der Waals surface area (Å²) in [6.07, 6.45) is 1.31. The Balaban J connectivity index is 2.35. The smallest absolute Gasteiger partial charge is 0.331 e. The second-order valence-electron chi connectivity index (χ2n) is 2.82. The van der Waals surface area contributed by atoms with Crippen molar-refractivity contribution in [3.8, 4) is 0 Å². The van der Waals surface area contributed by atoms with Gasteiger partial charge >= 0.3 is 18.0 Å². The van der Waals surface area contributed by atoms with Crippen LogP contribution in [-0.2, 0) is 19.1 Å². The van der Waals surface area contributed by atoms with Crippen LogP contribution >= 0.6 is 0 Å². The number of carbonyl (C=O) groups excluding carboxylic acids is 3. The molecule has 3 amide bonds. The molecule has 0 aromatic carbocycles. The third-order valence-corrected chi connectivity index (χ3v) is 1.61. The molecule has 8 nitrogen and oxygen atoms in total. The van der Waals surface area contributed by atoms with E-state index < -0.39 is 29.9 Å². The number of hydrogen-bond donors (Lipinski definition) is 3. The molecule has 0 radical (unpaired) electrons. The van der Waals surface area contributed by atoms with Gasteiger partial charge in [-0.05, 0) is 0 Å². The van der Waals surface area contributed by atoms with Gasteiger partial charge in [-0.3, -0.25) is 10.1 Å². The Morgan fingerprint density at radius 3 is 2.56 bits per heavy atom. The maximum absolute atomic E-state index is 11.0. The lowest BCUT2D eigenvalue weighted by molar-refractivity contribution is -0.140. The van der Waals surface area contributed by atoms with Crippen molar-refractivity contribution in [2.24, 2.45) is 0 Å². The molecule has 0 saturated carbocycles. The molecule has 1 atom stereocenters. The topological polar surface area (TPSA) is 122 Å². The molecule has 16 heavy (non-hydrogen) atoms. The molecule has 1 fully saturated rings. The maximum atomic E-state index is 11.0. The zero-order valence-electron chi connectivity index (χ0n) is 7.93. The highest BCUT2D eigenvalue weighted by Gasteiger charge is 2.30. The van der Waals surface area contributed by atoms with Crippen LogP contribution < -0.4 is 10.6 Å². The van der Waals surface area contributed by atoms with Crippen molar-refractivity contribution in [1.82, 2.24) is 10.6 Å². The van der Waals surface area contributed by atoms with E-state index in [4.69, 9.17) is 5.11 Å². The highest BCUT2D eigenvalue weighted by Crippen LogP contribution is 1.94. The van der Waals surface area contributed by atoms with Crippen molar-refractivity contribution >= 4 is 23.9 Å². The standard InChI is InChI=1S/C8H8N2O6/c11-5(12)1-2-6(13)16-3-4-7(14)10-8(15)9-4/h1-2,4H,3H2,(H,11,12)(H2,9,10,14,15). The van der Waals surface area contributed by atoms with Crippen LogP contribution in [0.25, 0.3) is 0 Å². The van der Waals surface area contributed by atoms with E-state index >= 15 is 0 Å². The first-order valence-corrected chi connectivity index (χ1v) is 4.18. The number of nitrogens with one attached hydrogen (secondary N) is 2. The quantitative estimate of drug-likeness (QED) is 0.302. The summed E-state index contributed by atoms with van der Waals surface area (Å²) in [4.78, 5) is 42.5. The molecule has 86 valence electrons. The average Bonchev–Trinajstić information content (AvgIpc) is 2.51. The fraction of sp³-hybridized carbons (Fsp3) is 0.250. The first-order chi connectivity index (χ1) is 7.49. The zero-order chi connectivity index (χ0) is 12.1. The molecule has 0 spiro atoms. The Morgan fingerprint density at radius 2 is 2.06 bits per heavy atom. The fourth-order valence-corrected chi connectivity index (χ4v) is 0.929. The number of esters is 1. The van der Waals surface area contributed by atoms with Gasteiger partial charge in [0.25, 0.3) is 5.91 Å². The van der Waals surface area contributed by atoms with E-state index in [2.05, 4.69) is 10.1 Å². The van der Waals surface area contributed by atoms with Gasteiger partial charge in [-0.25, -0.2) is 14.4 Å². The number of carboxylic acids is 1. The summed E-state index contributed by atoms with van der Waals surface area (Å²) in [6, 6.07) is -1.60. The number of hydrogen-bond acceptors (Lipinski definition) is 5. The molecule has 0 aliphatic carbocycles. The number of imide groups is 1. The number of ether oxygens (including phenoxy) is 1. The third-order valence-electron chi connectivity index (χ3n) is 1.61. The van der Waals surface area contributed by atoms with Crippen molar-refractivity contribution in [3.05, 3.63) is 12.2 Å². The molecule has 0 aromatic rings. The second-order valence-corrected chi connectivity index (χ2v) is 2.82. The van der Waals surface area contributed by atoms with E-state index in [1.807, 2.05) is 5.32 Å². The lowest BCUT2D eigenvalue weighted by Gasteiger charge is -2.06. The van der Waals surface area contributed by atoms with Gasteiger partial charge in [0, 0.05) is 12.2 Å². The normalized spacial score (nSPS) is 19.4. The Bertz CT molecular complexity index is 375. The monoisotopic (exact) mass is 228 g/mol. The van der Waals surface area contributed by atoms with Crippen LogP contribution in [0.15, 0.2) is 12.2 Å². The summed E-state index contributed by atoms with van der Waals surface area (Å²) in [7, 11) is 0. The number of rotatable bonds is 4. The van der Waals surface area contributed by atoms with Crippen molar-refractivity contribution in [3.63, 3.8) is 0 Å². The SMILES string of the molecule is O=C(O)C=CC(=O)OCC1NC(=O)NC1=O. The second kappa shape index (κ2) is 4.91. The minimum atomic E-state index is -1.29. The van der Waals surface area contributed by atoms with Crippen molar-refractivity contribution in [2.75, 3.05) is 6.61 Å². The lowest BCUT2D eigenvalue weighted by Crippen LogP contribution is -2.34. The number of urea groups is 1. The Morgan fingerprint density at radius 1 is 1.38 bits per heavy atom. The van der Waals surface area contributed by atoms with Crippen molar-refractivity contribution in [2.45, 2.75) is 6.04 Å². The van der Waals surface area contributed by atoms with Crippen LogP contribution in [0.3, 0.4) is 0 Å². The van der Waals surface area contributed by atoms with E-state index in [0.29, 0.717) is 12.2 Å². The third kappa shape index (κ3) is 3.40. The largest absolute Gasteiger partial charge is 0.478 e. The highest BCUT2D eigenvalue weighted by molar-refractivity contribution is 6.04. The van der Waals surface area contributed by atoms with Gasteiger partial charge in [0.2, 0.25) is 0 Å². The first kappa shape index (κ1) is 11.7. The predicted molar refractivity (Wildman–Crippen MR) is 48.2 cm³/mol. The van der Waals surface area contributed by atoms with E-state index in [0.717, 1.165) is 0 Å². The van der Waals surface area contributed by atoms with Crippen molar-refractivity contribution in [1.29, 1.82) is 0 Å². The number of amides is 3. The van der Waals surface area contributed by atoms with Crippen LogP contribution in [0.5, 0.6) is 0 Å². The summed E-state index contributed by atoms with van der Waals surface area (Å²) in [5, 5.41) is 12.4. The van der Waals surface area contributed by atoms with Crippen LogP contribution in [-0.4, -0.2) is 41.6 Å². The summed E-state index contributed by atoms with van der Waals surface area (Å²) >= 11 is 0. The molecule has 1 rings (SSSR count). The summed E-state index contributed by atoms with van der Waals surface area (Å²) in [5.74, 6) is -2.79. The molecule has 0 aromatic heterocycles. The molecular weight excluding hydrogens is 220 g/mol. The molecule has 1 saturated heterocycles. The fourth-order valence-electron chi connectivity index (χ4n) is 0.929. The van der Waals surface area contributed by atoms with Gasteiger partial charge in [-0.2, -0.15) is 0 Å². The molecule has 1 aliphatic rings.